The molecule has 1 fully saturated rings. The minimum Gasteiger partial charge on any atom is -0.369 e. The van der Waals surface area contributed by atoms with E-state index >= 15 is 0 Å². The largest absolute Gasteiger partial charge is 0.369 e. The van der Waals surface area contributed by atoms with E-state index in [1.807, 2.05) is 0 Å². The maximum Gasteiger partial charge on any atom is 0.221 e. The summed E-state index contributed by atoms with van der Waals surface area (Å²) >= 11 is 0. The van der Waals surface area contributed by atoms with Gasteiger partial charge >= 0.3 is 0 Å². The van der Waals surface area contributed by atoms with Gasteiger partial charge in [-0.3, -0.25) is 9.69 Å². The monoisotopic (exact) mass is 261 g/mol. The molecule has 1 aromatic carbocycles. The first-order chi connectivity index (χ1) is 9.11. The molecule has 2 atom stereocenters. The first kappa shape index (κ1) is 14.0. The van der Waals surface area contributed by atoms with Crippen LogP contribution < -0.4 is 11.5 Å². The highest BCUT2D eigenvalue weighted by molar-refractivity contribution is 5.76. The van der Waals surface area contributed by atoms with Gasteiger partial charge in [0.2, 0.25) is 5.91 Å². The summed E-state index contributed by atoms with van der Waals surface area (Å²) in [5.74, 6) is -0.225. The summed E-state index contributed by atoms with van der Waals surface area (Å²) in [5, 5.41) is 0. The molecule has 1 heterocycles. The van der Waals surface area contributed by atoms with E-state index in [-0.39, 0.29) is 17.9 Å². The van der Waals surface area contributed by atoms with E-state index in [0.29, 0.717) is 6.54 Å². The van der Waals surface area contributed by atoms with Crippen molar-refractivity contribution in [2.75, 3.05) is 19.6 Å². The highest BCUT2D eigenvalue weighted by Crippen LogP contribution is 2.26. The predicted octanol–water partition coefficient (Wildman–Crippen LogP) is 1.19. The molecular formula is C15H23N3O. The summed E-state index contributed by atoms with van der Waals surface area (Å²) < 4.78 is 0. The van der Waals surface area contributed by atoms with Crippen LogP contribution in [0.3, 0.4) is 0 Å². The number of carbonyl (C=O) groups is 1. The fourth-order valence-electron chi connectivity index (χ4n) is 2.90. The predicted molar refractivity (Wildman–Crippen MR) is 76.5 cm³/mol. The van der Waals surface area contributed by atoms with Gasteiger partial charge in [0, 0.05) is 19.1 Å². The van der Waals surface area contributed by atoms with E-state index in [4.69, 9.17) is 11.5 Å². The van der Waals surface area contributed by atoms with Gasteiger partial charge in [0.05, 0.1) is 5.92 Å². The van der Waals surface area contributed by atoms with Gasteiger partial charge in [-0.2, -0.15) is 0 Å². The number of nitrogens with two attached hydrogens (primary N) is 2. The van der Waals surface area contributed by atoms with Crippen molar-refractivity contribution in [3.63, 3.8) is 0 Å². The summed E-state index contributed by atoms with van der Waals surface area (Å²) in [6.07, 6.45) is 1.91. The number of hydrogen-bond acceptors (Lipinski definition) is 3. The van der Waals surface area contributed by atoms with Crippen LogP contribution in [0.4, 0.5) is 0 Å². The number of nitrogens with zero attached hydrogens (tertiary/aromatic N) is 1. The molecule has 0 bridgehead atoms. The van der Waals surface area contributed by atoms with Gasteiger partial charge in [0.15, 0.2) is 0 Å². The minimum absolute atomic E-state index is 0.0346. The number of hydrogen-bond donors (Lipinski definition) is 2. The number of benzene rings is 1. The average Bonchev–Trinajstić information content (AvgIpc) is 2.40. The molecule has 0 saturated carbocycles. The number of carbonyl (C=O) groups excluding carboxylic acids is 1. The van der Waals surface area contributed by atoms with Crippen molar-refractivity contribution in [1.82, 2.24) is 4.90 Å². The van der Waals surface area contributed by atoms with Crippen LogP contribution in [0.1, 0.15) is 30.0 Å². The molecule has 1 aromatic rings. The lowest BCUT2D eigenvalue weighted by Crippen LogP contribution is -2.44. The Morgan fingerprint density at radius 2 is 2.32 bits per heavy atom. The van der Waals surface area contributed by atoms with E-state index in [2.05, 4.69) is 36.1 Å². The van der Waals surface area contributed by atoms with Crippen LogP contribution in [0.2, 0.25) is 0 Å². The lowest BCUT2D eigenvalue weighted by molar-refractivity contribution is -0.123. The van der Waals surface area contributed by atoms with Gasteiger partial charge in [0.25, 0.3) is 0 Å². The van der Waals surface area contributed by atoms with Crippen molar-refractivity contribution in [3.05, 3.63) is 35.4 Å². The summed E-state index contributed by atoms with van der Waals surface area (Å²) in [6.45, 7) is 4.36. The molecule has 0 radical (unpaired) electrons. The van der Waals surface area contributed by atoms with Gasteiger partial charge in [-0.15, -0.1) is 0 Å². The van der Waals surface area contributed by atoms with Crippen molar-refractivity contribution in [1.29, 1.82) is 0 Å². The van der Waals surface area contributed by atoms with Crippen molar-refractivity contribution in [3.8, 4) is 0 Å². The Morgan fingerprint density at radius 3 is 2.95 bits per heavy atom. The van der Waals surface area contributed by atoms with Crippen LogP contribution in [0.5, 0.6) is 0 Å². The molecule has 4 nitrogen and oxygen atoms in total. The normalized spacial score (nSPS) is 22.1. The Hall–Kier alpha value is -1.39. The summed E-state index contributed by atoms with van der Waals surface area (Å²) in [4.78, 5) is 13.7. The van der Waals surface area contributed by atoms with Gasteiger partial charge in [-0.25, -0.2) is 0 Å². The summed E-state index contributed by atoms with van der Waals surface area (Å²) in [7, 11) is 0. The highest BCUT2D eigenvalue weighted by atomic mass is 16.1. The molecule has 4 N–H and O–H groups in total. The Balaban J connectivity index is 2.15. The van der Waals surface area contributed by atoms with E-state index in [1.165, 1.54) is 11.1 Å². The first-order valence-corrected chi connectivity index (χ1v) is 6.92. The average molecular weight is 261 g/mol. The lowest BCUT2D eigenvalue weighted by atomic mass is 9.94. The van der Waals surface area contributed by atoms with E-state index < -0.39 is 0 Å². The summed E-state index contributed by atoms with van der Waals surface area (Å²) in [5.41, 5.74) is 13.9. The molecule has 19 heavy (non-hydrogen) atoms. The zero-order valence-corrected chi connectivity index (χ0v) is 11.5. The van der Waals surface area contributed by atoms with Gasteiger partial charge in [0.1, 0.15) is 0 Å². The second kappa shape index (κ2) is 6.17. The Kier molecular flexibility index (Phi) is 4.56. The molecule has 4 heteroatoms. The zero-order valence-electron chi connectivity index (χ0n) is 11.5. The van der Waals surface area contributed by atoms with E-state index in [9.17, 15) is 4.79 Å². The third-order valence-electron chi connectivity index (χ3n) is 3.95. The zero-order chi connectivity index (χ0) is 13.8. The van der Waals surface area contributed by atoms with Crippen LogP contribution in [-0.2, 0) is 4.79 Å². The molecule has 2 rings (SSSR count). The number of likely N-dealkylation sites (tertiary alicyclic amines) is 1. The molecule has 1 amide bonds. The fourth-order valence-corrected chi connectivity index (χ4v) is 2.90. The molecule has 1 aliphatic rings. The van der Waals surface area contributed by atoms with Crippen LogP contribution >= 0.6 is 0 Å². The molecule has 1 aliphatic heterocycles. The van der Waals surface area contributed by atoms with Gasteiger partial charge in [-0.1, -0.05) is 29.8 Å². The smallest absolute Gasteiger partial charge is 0.221 e. The van der Waals surface area contributed by atoms with E-state index in [0.717, 1.165) is 25.9 Å². The minimum atomic E-state index is -0.190. The van der Waals surface area contributed by atoms with Crippen LogP contribution in [0.15, 0.2) is 24.3 Å². The Labute approximate surface area is 114 Å². The molecule has 0 aliphatic carbocycles. The van der Waals surface area contributed by atoms with Crippen LogP contribution in [0, 0.1) is 12.8 Å². The molecular weight excluding hydrogens is 238 g/mol. The Bertz CT molecular complexity index is 447. The number of amides is 1. The summed E-state index contributed by atoms with van der Waals surface area (Å²) in [6, 6.07) is 8.61. The fraction of sp³-hybridized carbons (Fsp3) is 0.533. The van der Waals surface area contributed by atoms with Gasteiger partial charge in [-0.05, 0) is 31.9 Å². The third-order valence-corrected chi connectivity index (χ3v) is 3.95. The molecule has 0 aromatic heterocycles. The quantitative estimate of drug-likeness (QED) is 0.855. The molecule has 2 unspecified atom stereocenters. The molecule has 104 valence electrons. The van der Waals surface area contributed by atoms with Crippen molar-refractivity contribution >= 4 is 5.91 Å². The maximum absolute atomic E-state index is 11.4. The van der Waals surface area contributed by atoms with Gasteiger partial charge < -0.3 is 11.5 Å². The first-order valence-electron chi connectivity index (χ1n) is 6.92. The standard InChI is InChI=1S/C15H23N3O/c1-11-4-2-5-12(8-11)14(9-16)18-7-3-6-13(10-18)15(17)19/h2,4-5,8,13-14H,3,6-7,9-10,16H2,1H3,(H2,17,19). The lowest BCUT2D eigenvalue weighted by Gasteiger charge is -2.37. The molecule has 1 saturated heterocycles. The third kappa shape index (κ3) is 3.33. The maximum atomic E-state index is 11.4. The number of primary amides is 1. The SMILES string of the molecule is Cc1cccc(C(CN)N2CCCC(C(N)=O)C2)c1. The molecule has 0 spiro atoms. The highest BCUT2D eigenvalue weighted by Gasteiger charge is 2.28. The van der Waals surface area contributed by atoms with E-state index in [1.54, 1.807) is 0 Å². The van der Waals surface area contributed by atoms with Crippen molar-refractivity contribution < 1.29 is 4.79 Å². The van der Waals surface area contributed by atoms with Crippen LogP contribution in [0.25, 0.3) is 0 Å². The van der Waals surface area contributed by atoms with Crippen molar-refractivity contribution in [2.45, 2.75) is 25.8 Å². The second-order valence-electron chi connectivity index (χ2n) is 5.40. The number of aryl methyl sites for hydroxylation is 1. The topological polar surface area (TPSA) is 72.3 Å². The Morgan fingerprint density at radius 1 is 1.53 bits per heavy atom. The van der Waals surface area contributed by atoms with Crippen LogP contribution in [-0.4, -0.2) is 30.4 Å². The van der Waals surface area contributed by atoms with Crippen molar-refractivity contribution in [2.24, 2.45) is 17.4 Å². The number of piperidine rings is 1. The number of rotatable bonds is 4. The second-order valence-corrected chi connectivity index (χ2v) is 5.40.